The lowest BCUT2D eigenvalue weighted by molar-refractivity contribution is 0.663. The van der Waals surface area contributed by atoms with E-state index in [4.69, 9.17) is 22.1 Å². The first kappa shape index (κ1) is 27.5. The van der Waals surface area contributed by atoms with Gasteiger partial charge < -0.3 is 22.1 Å². The number of hydrogen-bond acceptors (Lipinski definition) is 5. The highest BCUT2D eigenvalue weighted by Gasteiger charge is 2.18. The van der Waals surface area contributed by atoms with Crippen molar-refractivity contribution in [2.75, 3.05) is 0 Å². The van der Waals surface area contributed by atoms with Crippen molar-refractivity contribution in [3.8, 4) is 22.3 Å². The molecule has 0 unspecified atom stereocenters. The molecule has 0 aliphatic carbocycles. The Morgan fingerprint density at radius 1 is 0.208 bits per heavy atom. The molecule has 0 fully saturated rings. The van der Waals surface area contributed by atoms with Crippen LogP contribution in [0.25, 0.3) is 132 Å². The van der Waals surface area contributed by atoms with Crippen molar-refractivity contribution in [2.24, 2.45) is 0 Å². The highest BCUT2D eigenvalue weighted by atomic mass is 16.3. The zero-order valence-corrected chi connectivity index (χ0v) is 27.9. The van der Waals surface area contributed by atoms with E-state index in [1.807, 2.05) is 42.5 Å². The van der Waals surface area contributed by atoms with Crippen LogP contribution in [-0.2, 0) is 0 Å². The minimum absolute atomic E-state index is 0.848. The van der Waals surface area contributed by atoms with Gasteiger partial charge in [-0.15, -0.1) is 0 Å². The summed E-state index contributed by atoms with van der Waals surface area (Å²) in [4.78, 5) is 0. The maximum absolute atomic E-state index is 6.46. The Hall–Kier alpha value is -7.24. The van der Waals surface area contributed by atoms with Gasteiger partial charge in [0.15, 0.2) is 0 Å². The van der Waals surface area contributed by atoms with E-state index in [1.165, 1.54) is 0 Å². The average Bonchev–Trinajstić information content (AvgIpc) is 4.01. The summed E-state index contributed by atoms with van der Waals surface area (Å²) in [5.74, 6) is 0. The van der Waals surface area contributed by atoms with Crippen LogP contribution in [0.5, 0.6) is 0 Å². The van der Waals surface area contributed by atoms with Gasteiger partial charge in [-0.05, 0) is 107 Å². The van der Waals surface area contributed by atoms with E-state index < -0.39 is 0 Å². The predicted octanol–water partition coefficient (Wildman–Crippen LogP) is 14.5. The maximum atomic E-state index is 6.46. The Balaban J connectivity index is 0.920. The van der Waals surface area contributed by atoms with E-state index in [9.17, 15) is 0 Å². The highest BCUT2D eigenvalue weighted by Crippen LogP contribution is 2.43. The second-order valence-corrected chi connectivity index (χ2v) is 14.0. The smallest absolute Gasteiger partial charge is 0.136 e. The van der Waals surface area contributed by atoms with Crippen LogP contribution in [0.3, 0.4) is 0 Å². The summed E-state index contributed by atoms with van der Waals surface area (Å²) in [6.07, 6.45) is 0. The first-order valence-electron chi connectivity index (χ1n) is 17.7. The maximum Gasteiger partial charge on any atom is 0.136 e. The normalized spacial score (nSPS) is 12.5. The third-order valence-corrected chi connectivity index (χ3v) is 11.1. The second kappa shape index (κ2) is 9.75. The van der Waals surface area contributed by atoms with Crippen LogP contribution < -0.4 is 0 Å². The van der Waals surface area contributed by atoms with Crippen LogP contribution in [0, 0.1) is 0 Å². The van der Waals surface area contributed by atoms with Crippen LogP contribution in [0.15, 0.2) is 168 Å². The standard InChI is InChI=1S/C48H24O5/c1-3-7-37-29(5-1)34-23-46-35(24-45(34)51-37)33-20-26(11-15-40(33)53-46)28-9-13-30-32-19-25(10-14-39(32)52-44(30)22-28)27-12-16-41-36(21-27)48-43(50-41)18-17-42-47(48)31-6-2-4-8-38(31)49-42/h1-24H. The molecule has 0 atom stereocenters. The summed E-state index contributed by atoms with van der Waals surface area (Å²) in [6.45, 7) is 0. The molecule has 0 radical (unpaired) electrons. The topological polar surface area (TPSA) is 65.7 Å². The van der Waals surface area contributed by atoms with Gasteiger partial charge in [-0.25, -0.2) is 0 Å². The number of benzene rings is 8. The summed E-state index contributed by atoms with van der Waals surface area (Å²) >= 11 is 0. The van der Waals surface area contributed by atoms with Gasteiger partial charge in [-0.3, -0.25) is 0 Å². The molecule has 53 heavy (non-hydrogen) atoms. The van der Waals surface area contributed by atoms with Crippen molar-refractivity contribution in [3.05, 3.63) is 146 Å². The summed E-state index contributed by atoms with van der Waals surface area (Å²) < 4.78 is 31.5. The predicted molar refractivity (Wildman–Crippen MR) is 214 cm³/mol. The number of fused-ring (bicyclic) bond motifs is 16. The molecule has 0 aliphatic heterocycles. The highest BCUT2D eigenvalue weighted by molar-refractivity contribution is 6.26. The Morgan fingerprint density at radius 3 is 1.23 bits per heavy atom. The molecule has 0 amide bonds. The molecular weight excluding hydrogens is 657 g/mol. The van der Waals surface area contributed by atoms with Crippen molar-refractivity contribution >= 4 is 110 Å². The summed E-state index contributed by atoms with van der Waals surface area (Å²) in [6, 6.07) is 50.3. The molecule has 8 aromatic carbocycles. The number of furan rings is 5. The van der Waals surface area contributed by atoms with Gasteiger partial charge in [-0.2, -0.15) is 0 Å². The van der Waals surface area contributed by atoms with E-state index >= 15 is 0 Å². The monoisotopic (exact) mass is 680 g/mol. The fraction of sp³-hybridized carbons (Fsp3) is 0. The molecule has 5 heteroatoms. The molecule has 0 N–H and O–H groups in total. The fourth-order valence-corrected chi connectivity index (χ4v) is 8.57. The Kier molecular flexibility index (Phi) is 5.06. The molecule has 0 spiro atoms. The first-order chi connectivity index (χ1) is 26.2. The molecule has 0 saturated carbocycles. The lowest BCUT2D eigenvalue weighted by Gasteiger charge is -2.03. The van der Waals surface area contributed by atoms with Crippen molar-refractivity contribution in [1.82, 2.24) is 0 Å². The molecule has 0 saturated heterocycles. The third-order valence-electron chi connectivity index (χ3n) is 11.1. The van der Waals surface area contributed by atoms with E-state index in [0.29, 0.717) is 0 Å². The van der Waals surface area contributed by atoms with Gasteiger partial charge in [0, 0.05) is 53.9 Å². The lowest BCUT2D eigenvalue weighted by Crippen LogP contribution is -1.79. The SMILES string of the molecule is c1ccc2c(c1)oc1cc3c(cc12)oc1ccc(-c2ccc4c(c2)oc2ccc(-c5ccc6oc7ccc8oc9ccccc9c8c7c6c5)cc24)cc13. The van der Waals surface area contributed by atoms with Crippen LogP contribution in [0.4, 0.5) is 0 Å². The zero-order chi connectivity index (χ0) is 34.4. The molecule has 13 aromatic rings. The van der Waals surface area contributed by atoms with Crippen LogP contribution in [-0.4, -0.2) is 0 Å². The summed E-state index contributed by atoms with van der Waals surface area (Å²) in [5.41, 5.74) is 13.0. The zero-order valence-electron chi connectivity index (χ0n) is 27.9. The van der Waals surface area contributed by atoms with Crippen molar-refractivity contribution in [3.63, 3.8) is 0 Å². The summed E-state index contributed by atoms with van der Waals surface area (Å²) in [7, 11) is 0. The Labute approximate surface area is 298 Å². The molecule has 5 heterocycles. The van der Waals surface area contributed by atoms with Gasteiger partial charge in [0.2, 0.25) is 0 Å². The first-order valence-corrected chi connectivity index (χ1v) is 17.7. The van der Waals surface area contributed by atoms with Gasteiger partial charge in [-0.1, -0.05) is 60.7 Å². The van der Waals surface area contributed by atoms with E-state index in [-0.39, 0.29) is 0 Å². The van der Waals surface area contributed by atoms with Crippen molar-refractivity contribution < 1.29 is 22.1 Å². The molecular formula is C48H24O5. The minimum Gasteiger partial charge on any atom is -0.456 e. The Bertz CT molecular complexity index is 3690. The lowest BCUT2D eigenvalue weighted by atomic mass is 9.98. The number of rotatable bonds is 2. The minimum atomic E-state index is 0.848. The molecule has 5 aromatic heterocycles. The van der Waals surface area contributed by atoms with E-state index in [1.54, 1.807) is 0 Å². The molecule has 0 aliphatic rings. The van der Waals surface area contributed by atoms with Gasteiger partial charge in [0.05, 0.1) is 0 Å². The summed E-state index contributed by atoms with van der Waals surface area (Å²) in [5, 5.41) is 10.7. The quantitative estimate of drug-likeness (QED) is 0.182. The van der Waals surface area contributed by atoms with E-state index in [0.717, 1.165) is 132 Å². The van der Waals surface area contributed by atoms with Crippen LogP contribution in [0.1, 0.15) is 0 Å². The molecule has 246 valence electrons. The fourth-order valence-electron chi connectivity index (χ4n) is 8.57. The van der Waals surface area contributed by atoms with Crippen molar-refractivity contribution in [1.29, 1.82) is 0 Å². The van der Waals surface area contributed by atoms with Crippen LogP contribution in [0.2, 0.25) is 0 Å². The largest absolute Gasteiger partial charge is 0.456 e. The van der Waals surface area contributed by atoms with E-state index in [2.05, 4.69) is 103 Å². The van der Waals surface area contributed by atoms with Gasteiger partial charge in [0.25, 0.3) is 0 Å². The number of hydrogen-bond donors (Lipinski definition) is 0. The van der Waals surface area contributed by atoms with Gasteiger partial charge in [0.1, 0.15) is 55.8 Å². The molecule has 13 rings (SSSR count). The third kappa shape index (κ3) is 3.75. The second-order valence-electron chi connectivity index (χ2n) is 14.0. The van der Waals surface area contributed by atoms with Crippen LogP contribution >= 0.6 is 0 Å². The Morgan fingerprint density at radius 2 is 0.566 bits per heavy atom. The average molecular weight is 681 g/mol. The molecule has 0 bridgehead atoms. The number of para-hydroxylation sites is 2. The molecule has 5 nitrogen and oxygen atoms in total. The van der Waals surface area contributed by atoms with Crippen molar-refractivity contribution in [2.45, 2.75) is 0 Å². The van der Waals surface area contributed by atoms with Gasteiger partial charge >= 0.3 is 0 Å².